The van der Waals surface area contributed by atoms with Gasteiger partial charge in [0.05, 0.1) is 17.8 Å². The van der Waals surface area contributed by atoms with Crippen molar-refractivity contribution in [3.63, 3.8) is 0 Å². The molecule has 0 atom stereocenters. The number of anilines is 1. The number of ether oxygens (including phenoxy) is 1. The van der Waals surface area contributed by atoms with Crippen LogP contribution in [0.15, 0.2) is 48.7 Å². The molecule has 0 saturated heterocycles. The number of nitrogens with zero attached hydrogens (tertiary/aromatic N) is 1. The summed E-state index contributed by atoms with van der Waals surface area (Å²) in [7, 11) is 0. The summed E-state index contributed by atoms with van der Waals surface area (Å²) >= 11 is 5.55. The molecule has 1 fully saturated rings. The number of nitrogens with one attached hydrogen (secondary N) is 2. The summed E-state index contributed by atoms with van der Waals surface area (Å²) in [6.45, 7) is 2.64. The van der Waals surface area contributed by atoms with E-state index in [2.05, 4.69) is 21.7 Å². The predicted octanol–water partition coefficient (Wildman–Crippen LogP) is 4.24. The molecule has 1 aromatic carbocycles. The molecule has 2 aromatic rings. The Balaban J connectivity index is 1.68. The van der Waals surface area contributed by atoms with Crippen LogP contribution in [0.5, 0.6) is 5.75 Å². The van der Waals surface area contributed by atoms with E-state index in [1.807, 2.05) is 49.5 Å². The van der Waals surface area contributed by atoms with E-state index in [1.54, 1.807) is 0 Å². The minimum Gasteiger partial charge on any atom is -0.494 e. The highest BCUT2D eigenvalue weighted by molar-refractivity contribution is 7.80. The van der Waals surface area contributed by atoms with Crippen LogP contribution < -0.4 is 15.4 Å². The van der Waals surface area contributed by atoms with E-state index in [0.29, 0.717) is 11.7 Å². The van der Waals surface area contributed by atoms with Crippen LogP contribution in [0, 0.1) is 0 Å². The van der Waals surface area contributed by atoms with Gasteiger partial charge in [0.1, 0.15) is 5.75 Å². The standard InChI is InChI=1S/C19H23N3OS/c1-2-23-16-10-8-15(9-11-16)21-18(24)22-19(12-4-5-13-19)17-7-3-6-14-20-17/h3,6-11,14H,2,4-5,12-13H2,1H3,(H2,21,22,24). The van der Waals surface area contributed by atoms with Gasteiger partial charge in [-0.3, -0.25) is 4.98 Å². The van der Waals surface area contributed by atoms with Gasteiger partial charge in [0.15, 0.2) is 5.11 Å². The lowest BCUT2D eigenvalue weighted by atomic mass is 9.93. The van der Waals surface area contributed by atoms with Crippen LogP contribution in [0.3, 0.4) is 0 Å². The number of benzene rings is 1. The van der Waals surface area contributed by atoms with Gasteiger partial charge >= 0.3 is 0 Å². The maximum absolute atomic E-state index is 5.55. The second kappa shape index (κ2) is 7.62. The van der Waals surface area contributed by atoms with Gasteiger partial charge in [-0.25, -0.2) is 0 Å². The molecular weight excluding hydrogens is 318 g/mol. The van der Waals surface area contributed by atoms with Crippen molar-refractivity contribution in [2.75, 3.05) is 11.9 Å². The molecule has 1 aliphatic carbocycles. The Morgan fingerprint density at radius 3 is 2.54 bits per heavy atom. The molecule has 1 heterocycles. The van der Waals surface area contributed by atoms with Crippen molar-refractivity contribution in [3.05, 3.63) is 54.4 Å². The summed E-state index contributed by atoms with van der Waals surface area (Å²) in [5, 5.41) is 7.42. The zero-order chi connectivity index (χ0) is 16.8. The van der Waals surface area contributed by atoms with Crippen LogP contribution in [0.2, 0.25) is 0 Å². The van der Waals surface area contributed by atoms with Gasteiger partial charge in [0.2, 0.25) is 0 Å². The van der Waals surface area contributed by atoms with Crippen LogP contribution in [0.1, 0.15) is 38.3 Å². The largest absolute Gasteiger partial charge is 0.494 e. The normalized spacial score (nSPS) is 15.7. The van der Waals surface area contributed by atoms with Crippen molar-refractivity contribution < 1.29 is 4.74 Å². The van der Waals surface area contributed by atoms with Crippen LogP contribution >= 0.6 is 12.2 Å². The summed E-state index contributed by atoms with van der Waals surface area (Å²) in [4.78, 5) is 4.56. The molecule has 0 bridgehead atoms. The van der Waals surface area contributed by atoms with E-state index in [4.69, 9.17) is 17.0 Å². The molecule has 5 heteroatoms. The quantitative estimate of drug-likeness (QED) is 0.797. The Morgan fingerprint density at radius 2 is 1.92 bits per heavy atom. The first-order chi connectivity index (χ1) is 11.7. The summed E-state index contributed by atoms with van der Waals surface area (Å²) in [6.07, 6.45) is 6.33. The second-order valence-electron chi connectivity index (χ2n) is 6.04. The Morgan fingerprint density at radius 1 is 1.17 bits per heavy atom. The fourth-order valence-corrected chi connectivity index (χ4v) is 3.56. The molecule has 1 aliphatic rings. The molecule has 1 saturated carbocycles. The smallest absolute Gasteiger partial charge is 0.171 e. The number of pyridine rings is 1. The summed E-state index contributed by atoms with van der Waals surface area (Å²) in [5.74, 6) is 0.864. The maximum Gasteiger partial charge on any atom is 0.171 e. The van der Waals surface area contributed by atoms with Gasteiger partial charge in [-0.2, -0.15) is 0 Å². The average molecular weight is 341 g/mol. The van der Waals surface area contributed by atoms with Crippen molar-refractivity contribution in [1.29, 1.82) is 0 Å². The van der Waals surface area contributed by atoms with E-state index in [0.717, 1.165) is 30.0 Å². The topological polar surface area (TPSA) is 46.2 Å². The molecule has 0 unspecified atom stereocenters. The third-order valence-electron chi connectivity index (χ3n) is 4.39. The van der Waals surface area contributed by atoms with Crippen LogP contribution in [-0.2, 0) is 5.54 Å². The molecule has 4 nitrogen and oxygen atoms in total. The predicted molar refractivity (Wildman–Crippen MR) is 101 cm³/mol. The van der Waals surface area contributed by atoms with Gasteiger partial charge in [0.25, 0.3) is 0 Å². The summed E-state index contributed by atoms with van der Waals surface area (Å²) in [6, 6.07) is 13.9. The van der Waals surface area contributed by atoms with Gasteiger partial charge in [-0.05, 0) is 68.4 Å². The van der Waals surface area contributed by atoms with Crippen molar-refractivity contribution >= 4 is 23.0 Å². The zero-order valence-electron chi connectivity index (χ0n) is 13.9. The Labute approximate surface area is 148 Å². The minimum atomic E-state index is -0.156. The Kier molecular flexibility index (Phi) is 5.30. The first-order valence-electron chi connectivity index (χ1n) is 8.45. The minimum absolute atomic E-state index is 0.156. The molecule has 2 N–H and O–H groups in total. The second-order valence-corrected chi connectivity index (χ2v) is 6.45. The zero-order valence-corrected chi connectivity index (χ0v) is 14.7. The molecule has 0 aliphatic heterocycles. The lowest BCUT2D eigenvalue weighted by Gasteiger charge is -2.31. The highest BCUT2D eigenvalue weighted by Gasteiger charge is 2.37. The molecule has 0 amide bonds. The summed E-state index contributed by atoms with van der Waals surface area (Å²) in [5.41, 5.74) is 1.86. The van der Waals surface area contributed by atoms with Gasteiger partial charge in [0, 0.05) is 11.9 Å². The number of aromatic nitrogens is 1. The van der Waals surface area contributed by atoms with Crippen LogP contribution in [0.25, 0.3) is 0 Å². The third-order valence-corrected chi connectivity index (χ3v) is 4.59. The van der Waals surface area contributed by atoms with Gasteiger partial charge in [-0.15, -0.1) is 0 Å². The molecule has 0 radical (unpaired) electrons. The van der Waals surface area contributed by atoms with Crippen molar-refractivity contribution in [1.82, 2.24) is 10.3 Å². The lowest BCUT2D eigenvalue weighted by molar-refractivity contribution is 0.340. The lowest BCUT2D eigenvalue weighted by Crippen LogP contribution is -2.46. The van der Waals surface area contributed by atoms with Crippen molar-refractivity contribution in [2.45, 2.75) is 38.1 Å². The highest BCUT2D eigenvalue weighted by Crippen LogP contribution is 2.37. The Hall–Kier alpha value is -2.14. The van der Waals surface area contributed by atoms with Crippen LogP contribution in [-0.4, -0.2) is 16.7 Å². The molecule has 126 valence electrons. The number of hydrogen-bond acceptors (Lipinski definition) is 3. The van der Waals surface area contributed by atoms with Gasteiger partial charge < -0.3 is 15.4 Å². The van der Waals surface area contributed by atoms with E-state index < -0.39 is 0 Å². The van der Waals surface area contributed by atoms with Crippen LogP contribution in [0.4, 0.5) is 5.69 Å². The van der Waals surface area contributed by atoms with Gasteiger partial charge in [-0.1, -0.05) is 18.9 Å². The van der Waals surface area contributed by atoms with Crippen molar-refractivity contribution in [2.24, 2.45) is 0 Å². The fourth-order valence-electron chi connectivity index (χ4n) is 3.25. The van der Waals surface area contributed by atoms with Crippen molar-refractivity contribution in [3.8, 4) is 5.75 Å². The first-order valence-corrected chi connectivity index (χ1v) is 8.86. The summed E-state index contributed by atoms with van der Waals surface area (Å²) < 4.78 is 5.46. The SMILES string of the molecule is CCOc1ccc(NC(=S)NC2(c3ccccn3)CCCC2)cc1. The van der Waals surface area contributed by atoms with E-state index in [1.165, 1.54) is 12.8 Å². The van der Waals surface area contributed by atoms with E-state index in [-0.39, 0.29) is 5.54 Å². The molecule has 24 heavy (non-hydrogen) atoms. The van der Waals surface area contributed by atoms with E-state index in [9.17, 15) is 0 Å². The highest BCUT2D eigenvalue weighted by atomic mass is 32.1. The Bertz CT molecular complexity index is 667. The number of rotatable bonds is 5. The third kappa shape index (κ3) is 3.85. The monoisotopic (exact) mass is 341 g/mol. The first kappa shape index (κ1) is 16.7. The average Bonchev–Trinajstić information content (AvgIpc) is 3.07. The molecule has 1 aromatic heterocycles. The number of hydrogen-bond donors (Lipinski definition) is 2. The molecule has 0 spiro atoms. The molecule has 3 rings (SSSR count). The fraction of sp³-hybridized carbons (Fsp3) is 0.368. The number of thiocarbonyl (C=S) groups is 1. The molecular formula is C19H23N3OS. The maximum atomic E-state index is 5.55. The van der Waals surface area contributed by atoms with E-state index >= 15 is 0 Å².